The Kier molecular flexibility index (Phi) is 4.85. The molecule has 8 heteroatoms. The summed E-state index contributed by atoms with van der Waals surface area (Å²) in [6.07, 6.45) is 3.25. The molecule has 0 bridgehead atoms. The molecule has 140 valence electrons. The van der Waals surface area contributed by atoms with Gasteiger partial charge in [0.2, 0.25) is 0 Å². The topological polar surface area (TPSA) is 74.3 Å². The molecule has 0 saturated carbocycles. The molecule has 3 aromatic heterocycles. The quantitative estimate of drug-likeness (QED) is 0.746. The lowest BCUT2D eigenvalue weighted by Gasteiger charge is -2.35. The van der Waals surface area contributed by atoms with E-state index in [1.807, 2.05) is 31.2 Å². The molecule has 1 aliphatic heterocycles. The number of rotatable bonds is 3. The summed E-state index contributed by atoms with van der Waals surface area (Å²) in [7, 11) is 0. The molecule has 0 aromatic carbocycles. The van der Waals surface area contributed by atoms with Gasteiger partial charge in [0.1, 0.15) is 5.65 Å². The monoisotopic (exact) mass is 385 g/mol. The average Bonchev–Trinajstić information content (AvgIpc) is 3.06. The van der Waals surface area contributed by atoms with E-state index in [1.54, 1.807) is 17.3 Å². The van der Waals surface area contributed by atoms with Crippen LogP contribution in [0.1, 0.15) is 6.92 Å². The molecule has 0 unspecified atom stereocenters. The molecule has 3 aromatic rings. The summed E-state index contributed by atoms with van der Waals surface area (Å²) >= 11 is 6.71. The predicted molar refractivity (Wildman–Crippen MR) is 105 cm³/mol. The van der Waals surface area contributed by atoms with Crippen molar-refractivity contribution in [1.82, 2.24) is 19.9 Å². The molecule has 1 fully saturated rings. The fraction of sp³-hybridized carbons (Fsp3) is 0.316. The number of fused-ring (bicyclic) bond motifs is 1. The number of nitrogens with one attached hydrogen (secondary N) is 1. The van der Waals surface area contributed by atoms with Crippen LogP contribution in [0.15, 0.2) is 36.7 Å². The predicted octanol–water partition coefficient (Wildman–Crippen LogP) is 3.56. The molecule has 4 heterocycles. The minimum Gasteiger partial charge on any atom is -0.450 e. The maximum Gasteiger partial charge on any atom is 0.409 e. The third kappa shape index (κ3) is 3.30. The molecule has 0 spiro atoms. The molecule has 1 aliphatic rings. The summed E-state index contributed by atoms with van der Waals surface area (Å²) in [5.74, 6) is 0. The number of anilines is 1. The van der Waals surface area contributed by atoms with Gasteiger partial charge in [0.05, 0.1) is 34.1 Å². The Bertz CT molecular complexity index is 951. The van der Waals surface area contributed by atoms with Crippen molar-refractivity contribution >= 4 is 34.4 Å². The van der Waals surface area contributed by atoms with Gasteiger partial charge in [-0.2, -0.15) is 0 Å². The van der Waals surface area contributed by atoms with Crippen molar-refractivity contribution in [2.24, 2.45) is 0 Å². The molecular weight excluding hydrogens is 366 g/mol. The Morgan fingerprint density at radius 3 is 2.70 bits per heavy atom. The average molecular weight is 386 g/mol. The van der Waals surface area contributed by atoms with Crippen molar-refractivity contribution < 1.29 is 9.53 Å². The Hall–Kier alpha value is -2.80. The number of hydrogen-bond donors (Lipinski definition) is 1. The molecule has 4 rings (SSSR count). The van der Waals surface area contributed by atoms with Crippen LogP contribution in [0.3, 0.4) is 0 Å². The van der Waals surface area contributed by atoms with Gasteiger partial charge in [0.25, 0.3) is 0 Å². The van der Waals surface area contributed by atoms with Crippen LogP contribution in [-0.2, 0) is 4.74 Å². The van der Waals surface area contributed by atoms with Crippen LogP contribution in [0, 0.1) is 0 Å². The maximum atomic E-state index is 11.9. The van der Waals surface area contributed by atoms with E-state index in [9.17, 15) is 4.79 Å². The second-order valence-electron chi connectivity index (χ2n) is 6.26. The van der Waals surface area contributed by atoms with Gasteiger partial charge in [-0.05, 0) is 25.1 Å². The van der Waals surface area contributed by atoms with E-state index in [0.29, 0.717) is 37.8 Å². The molecule has 0 radical (unpaired) electrons. The number of carbonyl (C=O) groups is 1. The van der Waals surface area contributed by atoms with Crippen LogP contribution in [0.25, 0.3) is 22.4 Å². The fourth-order valence-electron chi connectivity index (χ4n) is 3.36. The fourth-order valence-corrected chi connectivity index (χ4v) is 3.69. The second kappa shape index (κ2) is 7.44. The zero-order valence-corrected chi connectivity index (χ0v) is 15.7. The number of ether oxygens (including phenoxy) is 1. The molecule has 0 aliphatic carbocycles. The van der Waals surface area contributed by atoms with Crippen molar-refractivity contribution in [1.29, 1.82) is 0 Å². The van der Waals surface area contributed by atoms with Gasteiger partial charge in [-0.3, -0.25) is 4.98 Å². The first kappa shape index (κ1) is 17.6. The van der Waals surface area contributed by atoms with E-state index in [2.05, 4.69) is 19.9 Å². The van der Waals surface area contributed by atoms with Gasteiger partial charge in [-0.1, -0.05) is 17.7 Å². The number of pyridine rings is 2. The zero-order chi connectivity index (χ0) is 18.8. The highest BCUT2D eigenvalue weighted by atomic mass is 35.5. The Labute approximate surface area is 161 Å². The molecule has 1 N–H and O–H groups in total. The molecule has 1 saturated heterocycles. The van der Waals surface area contributed by atoms with Gasteiger partial charge >= 0.3 is 6.09 Å². The van der Waals surface area contributed by atoms with Crippen LogP contribution in [-0.4, -0.2) is 58.7 Å². The number of amides is 1. The first-order valence-electron chi connectivity index (χ1n) is 8.93. The summed E-state index contributed by atoms with van der Waals surface area (Å²) in [6, 6.07) is 7.67. The smallest absolute Gasteiger partial charge is 0.409 e. The van der Waals surface area contributed by atoms with Gasteiger partial charge in [-0.25, -0.2) is 9.78 Å². The van der Waals surface area contributed by atoms with Crippen molar-refractivity contribution in [2.75, 3.05) is 37.7 Å². The standard InChI is InChI=1S/C19H20ClN5O2/c1-2-27-19(26)25-11-9-24(10-12-25)14-6-8-22-18-15(14)16(20)17(23-18)13-5-3-4-7-21-13/h3-8H,2,9-12H2,1H3,(H,22,23). The lowest BCUT2D eigenvalue weighted by molar-refractivity contribution is 0.105. The zero-order valence-electron chi connectivity index (χ0n) is 15.0. The van der Waals surface area contributed by atoms with Crippen LogP contribution >= 0.6 is 11.6 Å². The van der Waals surface area contributed by atoms with E-state index >= 15 is 0 Å². The van der Waals surface area contributed by atoms with E-state index in [4.69, 9.17) is 16.3 Å². The summed E-state index contributed by atoms with van der Waals surface area (Å²) in [4.78, 5) is 28.0. The molecular formula is C19H20ClN5O2. The number of hydrogen-bond acceptors (Lipinski definition) is 5. The largest absolute Gasteiger partial charge is 0.450 e. The van der Waals surface area contributed by atoms with E-state index in [1.165, 1.54) is 0 Å². The lowest BCUT2D eigenvalue weighted by Crippen LogP contribution is -2.49. The van der Waals surface area contributed by atoms with Gasteiger partial charge < -0.3 is 19.5 Å². The molecule has 27 heavy (non-hydrogen) atoms. The number of aromatic amines is 1. The molecule has 7 nitrogen and oxygen atoms in total. The first-order valence-corrected chi connectivity index (χ1v) is 9.31. The Morgan fingerprint density at radius 1 is 1.19 bits per heavy atom. The Morgan fingerprint density at radius 2 is 2.00 bits per heavy atom. The maximum absolute atomic E-state index is 11.9. The summed E-state index contributed by atoms with van der Waals surface area (Å²) in [5.41, 5.74) is 3.27. The second-order valence-corrected chi connectivity index (χ2v) is 6.63. The number of H-pyrrole nitrogens is 1. The molecule has 1 amide bonds. The minimum atomic E-state index is -0.255. The van der Waals surface area contributed by atoms with Gasteiger partial charge in [-0.15, -0.1) is 0 Å². The van der Waals surface area contributed by atoms with Crippen molar-refractivity contribution in [2.45, 2.75) is 6.92 Å². The van der Waals surface area contributed by atoms with Gasteiger partial charge in [0.15, 0.2) is 0 Å². The normalized spacial score (nSPS) is 14.6. The van der Waals surface area contributed by atoms with Crippen molar-refractivity contribution in [3.63, 3.8) is 0 Å². The number of carbonyl (C=O) groups excluding carboxylic acids is 1. The first-order chi connectivity index (χ1) is 13.2. The SMILES string of the molecule is CCOC(=O)N1CCN(c2ccnc3[nH]c(-c4ccccn4)c(Cl)c23)CC1. The third-order valence-electron chi connectivity index (χ3n) is 4.68. The summed E-state index contributed by atoms with van der Waals surface area (Å²) in [6.45, 7) is 4.83. The van der Waals surface area contributed by atoms with E-state index in [0.717, 1.165) is 28.1 Å². The van der Waals surface area contributed by atoms with Crippen LogP contribution in [0.5, 0.6) is 0 Å². The molecule has 0 atom stereocenters. The lowest BCUT2D eigenvalue weighted by atomic mass is 10.2. The van der Waals surface area contributed by atoms with Crippen molar-refractivity contribution in [3.8, 4) is 11.4 Å². The third-order valence-corrected chi connectivity index (χ3v) is 5.06. The van der Waals surface area contributed by atoms with Crippen molar-refractivity contribution in [3.05, 3.63) is 41.7 Å². The van der Waals surface area contributed by atoms with Crippen LogP contribution < -0.4 is 4.90 Å². The van der Waals surface area contributed by atoms with E-state index in [-0.39, 0.29) is 6.09 Å². The minimum absolute atomic E-state index is 0.255. The highest BCUT2D eigenvalue weighted by Gasteiger charge is 2.25. The number of aromatic nitrogens is 3. The number of piperazine rings is 1. The summed E-state index contributed by atoms with van der Waals surface area (Å²) in [5, 5.41) is 1.49. The number of nitrogens with zero attached hydrogens (tertiary/aromatic N) is 4. The Balaban J connectivity index is 1.64. The van der Waals surface area contributed by atoms with E-state index < -0.39 is 0 Å². The number of halogens is 1. The highest BCUT2D eigenvalue weighted by Crippen LogP contribution is 2.38. The van der Waals surface area contributed by atoms with Crippen LogP contribution in [0.2, 0.25) is 5.02 Å². The highest BCUT2D eigenvalue weighted by molar-refractivity contribution is 6.39. The van der Waals surface area contributed by atoms with Crippen LogP contribution in [0.4, 0.5) is 10.5 Å². The van der Waals surface area contributed by atoms with Gasteiger partial charge in [0, 0.05) is 38.6 Å². The summed E-state index contributed by atoms with van der Waals surface area (Å²) < 4.78 is 5.09.